The lowest BCUT2D eigenvalue weighted by Crippen LogP contribution is -2.59. The first kappa shape index (κ1) is 20.3. The van der Waals surface area contributed by atoms with Gasteiger partial charge in [-0.1, -0.05) is 0 Å². The van der Waals surface area contributed by atoms with Gasteiger partial charge in [0.25, 0.3) is 0 Å². The second-order valence-electron chi connectivity index (χ2n) is 8.09. The van der Waals surface area contributed by atoms with Crippen LogP contribution in [0.25, 0.3) is 6.08 Å². The summed E-state index contributed by atoms with van der Waals surface area (Å²) in [4.78, 5) is 41.4. The molecule has 2 fully saturated rings. The maximum Gasteiger partial charge on any atom is 0.411 e. The van der Waals surface area contributed by atoms with E-state index in [2.05, 4.69) is 0 Å². The molecule has 2 bridgehead atoms. The van der Waals surface area contributed by atoms with Crippen LogP contribution in [0.4, 0.5) is 4.79 Å². The Morgan fingerprint density at radius 3 is 2.47 bits per heavy atom. The minimum absolute atomic E-state index is 0.217. The molecule has 3 heterocycles. The Morgan fingerprint density at radius 2 is 1.87 bits per heavy atom. The fourth-order valence-corrected chi connectivity index (χ4v) is 4.92. The molecule has 0 spiro atoms. The van der Waals surface area contributed by atoms with E-state index in [-0.39, 0.29) is 24.5 Å². The fraction of sp³-hybridized carbons (Fsp3) is 0.500. The topological polar surface area (TPSA) is 85.4 Å². The van der Waals surface area contributed by atoms with E-state index in [4.69, 9.17) is 14.2 Å². The van der Waals surface area contributed by atoms with Crippen molar-refractivity contribution < 1.29 is 28.6 Å². The Bertz CT molecular complexity index is 940. The van der Waals surface area contributed by atoms with E-state index in [0.717, 1.165) is 17.4 Å². The summed E-state index contributed by atoms with van der Waals surface area (Å²) in [7, 11) is 3.16. The number of methoxy groups -OCH3 is 2. The van der Waals surface area contributed by atoms with Gasteiger partial charge in [-0.15, -0.1) is 0 Å². The van der Waals surface area contributed by atoms with E-state index in [1.165, 1.54) is 4.90 Å². The summed E-state index contributed by atoms with van der Waals surface area (Å²) in [5, 5.41) is 0. The van der Waals surface area contributed by atoms with Gasteiger partial charge in [-0.05, 0) is 45.4 Å². The predicted molar refractivity (Wildman–Crippen MR) is 108 cm³/mol. The van der Waals surface area contributed by atoms with Crippen molar-refractivity contribution in [2.45, 2.75) is 51.4 Å². The first-order chi connectivity index (χ1) is 14.3. The SMILES string of the molecule is COc1ccc(OC)c2c1C=C1[C@H]3[C@H](C=O)C[C@@H](C(=O)N1[C@H]2C)N3C(=O)OC(C)C. The van der Waals surface area contributed by atoms with Crippen LogP contribution in [0.2, 0.25) is 0 Å². The highest BCUT2D eigenvalue weighted by Crippen LogP contribution is 2.50. The van der Waals surface area contributed by atoms with Crippen LogP contribution in [-0.4, -0.2) is 60.5 Å². The summed E-state index contributed by atoms with van der Waals surface area (Å²) in [6.45, 7) is 5.43. The van der Waals surface area contributed by atoms with Gasteiger partial charge < -0.3 is 23.9 Å². The summed E-state index contributed by atoms with van der Waals surface area (Å²) in [5.41, 5.74) is 2.24. The minimum Gasteiger partial charge on any atom is -0.496 e. The van der Waals surface area contributed by atoms with Gasteiger partial charge in [0.1, 0.15) is 23.8 Å². The first-order valence-corrected chi connectivity index (χ1v) is 10.1. The van der Waals surface area contributed by atoms with Gasteiger partial charge in [0.05, 0.1) is 32.4 Å². The van der Waals surface area contributed by atoms with Crippen molar-refractivity contribution in [2.24, 2.45) is 5.92 Å². The summed E-state index contributed by atoms with van der Waals surface area (Å²) < 4.78 is 16.5. The van der Waals surface area contributed by atoms with Crippen LogP contribution in [0.5, 0.6) is 11.5 Å². The van der Waals surface area contributed by atoms with Crippen LogP contribution < -0.4 is 9.47 Å². The number of carbonyl (C=O) groups is 3. The normalized spacial score (nSPS) is 26.7. The second-order valence-corrected chi connectivity index (χ2v) is 8.09. The molecule has 4 rings (SSSR count). The highest BCUT2D eigenvalue weighted by atomic mass is 16.6. The highest BCUT2D eigenvalue weighted by molar-refractivity contribution is 5.94. The van der Waals surface area contributed by atoms with Crippen LogP contribution in [0.3, 0.4) is 0 Å². The molecule has 0 aromatic heterocycles. The third-order valence-electron chi connectivity index (χ3n) is 6.11. The van der Waals surface area contributed by atoms with Crippen LogP contribution in [-0.2, 0) is 14.3 Å². The number of carbonyl (C=O) groups excluding carboxylic acids is 3. The zero-order valence-electron chi connectivity index (χ0n) is 17.7. The molecule has 4 atom stereocenters. The van der Waals surface area contributed by atoms with Crippen molar-refractivity contribution in [1.29, 1.82) is 0 Å². The molecule has 0 unspecified atom stereocenters. The van der Waals surface area contributed by atoms with E-state index in [1.807, 2.05) is 19.1 Å². The lowest BCUT2D eigenvalue weighted by atomic mass is 9.88. The lowest BCUT2D eigenvalue weighted by molar-refractivity contribution is -0.139. The van der Waals surface area contributed by atoms with Gasteiger partial charge in [0.2, 0.25) is 5.91 Å². The zero-order valence-corrected chi connectivity index (χ0v) is 17.7. The van der Waals surface area contributed by atoms with Crippen molar-refractivity contribution in [3.05, 3.63) is 29.0 Å². The van der Waals surface area contributed by atoms with E-state index < -0.39 is 24.1 Å². The number of piperazine rings is 1. The van der Waals surface area contributed by atoms with Crippen molar-refractivity contribution in [1.82, 2.24) is 9.80 Å². The number of amides is 2. The molecule has 0 saturated carbocycles. The average molecular weight is 414 g/mol. The Hall–Kier alpha value is -3.03. The molecule has 3 aliphatic heterocycles. The van der Waals surface area contributed by atoms with Crippen LogP contribution in [0.1, 0.15) is 44.4 Å². The molecular weight excluding hydrogens is 388 g/mol. The van der Waals surface area contributed by atoms with Gasteiger partial charge in [-0.25, -0.2) is 4.79 Å². The molecule has 0 aliphatic carbocycles. The Kier molecular flexibility index (Phi) is 4.95. The largest absolute Gasteiger partial charge is 0.496 e. The molecule has 0 N–H and O–H groups in total. The summed E-state index contributed by atoms with van der Waals surface area (Å²) in [6.07, 6.45) is 2.05. The molecule has 8 nitrogen and oxygen atoms in total. The monoisotopic (exact) mass is 414 g/mol. The van der Waals surface area contributed by atoms with Gasteiger partial charge in [0.15, 0.2) is 0 Å². The van der Waals surface area contributed by atoms with Crippen molar-refractivity contribution in [3.8, 4) is 11.5 Å². The second kappa shape index (κ2) is 7.34. The van der Waals surface area contributed by atoms with Gasteiger partial charge in [0, 0.05) is 22.7 Å². The third-order valence-corrected chi connectivity index (χ3v) is 6.11. The van der Waals surface area contributed by atoms with E-state index in [9.17, 15) is 14.4 Å². The first-order valence-electron chi connectivity index (χ1n) is 10.1. The Balaban J connectivity index is 1.90. The van der Waals surface area contributed by atoms with Crippen molar-refractivity contribution >= 4 is 24.4 Å². The third kappa shape index (κ3) is 2.77. The van der Waals surface area contributed by atoms with Gasteiger partial charge in [-0.2, -0.15) is 0 Å². The quantitative estimate of drug-likeness (QED) is 0.705. The molecule has 8 heteroatoms. The number of benzene rings is 1. The number of fused-ring (bicyclic) bond motifs is 5. The molecule has 3 aliphatic rings. The van der Waals surface area contributed by atoms with E-state index in [1.54, 1.807) is 39.0 Å². The summed E-state index contributed by atoms with van der Waals surface area (Å²) in [6, 6.07) is 1.99. The van der Waals surface area contributed by atoms with E-state index in [0.29, 0.717) is 17.2 Å². The Labute approximate surface area is 175 Å². The molecule has 30 heavy (non-hydrogen) atoms. The lowest BCUT2D eigenvalue weighted by Gasteiger charge is -2.47. The number of hydrogen-bond acceptors (Lipinski definition) is 6. The van der Waals surface area contributed by atoms with Crippen molar-refractivity contribution in [3.63, 3.8) is 0 Å². The van der Waals surface area contributed by atoms with Crippen LogP contribution in [0.15, 0.2) is 17.8 Å². The summed E-state index contributed by atoms with van der Waals surface area (Å²) in [5.74, 6) is 0.588. The highest BCUT2D eigenvalue weighted by Gasteiger charge is 2.58. The maximum atomic E-state index is 13.5. The number of aldehydes is 1. The van der Waals surface area contributed by atoms with Crippen molar-refractivity contribution in [2.75, 3.05) is 14.2 Å². The molecule has 2 saturated heterocycles. The molecule has 2 amide bonds. The number of ether oxygens (including phenoxy) is 3. The molecular formula is C22H26N2O6. The zero-order chi connectivity index (χ0) is 21.7. The smallest absolute Gasteiger partial charge is 0.411 e. The molecule has 1 aromatic carbocycles. The number of hydrogen-bond donors (Lipinski definition) is 0. The predicted octanol–water partition coefficient (Wildman–Crippen LogP) is 2.76. The van der Waals surface area contributed by atoms with E-state index >= 15 is 0 Å². The van der Waals surface area contributed by atoms with Gasteiger partial charge >= 0.3 is 6.09 Å². The molecule has 160 valence electrons. The van der Waals surface area contributed by atoms with Crippen LogP contribution >= 0.6 is 0 Å². The van der Waals surface area contributed by atoms with Crippen LogP contribution in [0, 0.1) is 5.92 Å². The maximum absolute atomic E-state index is 13.5. The number of rotatable bonds is 4. The minimum atomic E-state index is -0.728. The fourth-order valence-electron chi connectivity index (χ4n) is 4.92. The molecule has 1 aromatic rings. The van der Waals surface area contributed by atoms with Gasteiger partial charge in [-0.3, -0.25) is 9.69 Å². The average Bonchev–Trinajstić information content (AvgIpc) is 3.06. The summed E-state index contributed by atoms with van der Waals surface area (Å²) >= 11 is 0. The standard InChI is InChI=1S/C22H26N2O6/c1-11(2)30-22(27)24-16-8-13(10-25)20(24)15-9-14-17(28-4)6-7-18(29-5)19(14)12(3)23(15)21(16)26/h6-7,9-13,16,20H,8H2,1-5H3/t12-,13-,16-,20+/m0/s1. The molecule has 0 radical (unpaired) electrons. The Morgan fingerprint density at radius 1 is 1.20 bits per heavy atom. The number of nitrogens with zero attached hydrogens (tertiary/aromatic N) is 2.